The highest BCUT2D eigenvalue weighted by molar-refractivity contribution is 6.31. The first kappa shape index (κ1) is 22.5. The van der Waals surface area contributed by atoms with Crippen LogP contribution in [0.25, 0.3) is 0 Å². The Bertz CT molecular complexity index is 1230. The number of benzene rings is 3. The molecular weight excluding hydrogens is 445 g/mol. The van der Waals surface area contributed by atoms with E-state index in [1.54, 1.807) is 24.3 Å². The Morgan fingerprint density at radius 1 is 1.00 bits per heavy atom. The predicted molar refractivity (Wildman–Crippen MR) is 128 cm³/mol. The van der Waals surface area contributed by atoms with Crippen LogP contribution in [-0.4, -0.2) is 16.8 Å². The summed E-state index contributed by atoms with van der Waals surface area (Å²) in [7, 11) is 0. The largest absolute Gasteiger partial charge is 0.375 e. The standard InChI is InChI=1S/C26H23Cl2NO3/c1-15-10-16(2)24(17(3)11-15)23(30)13-26(32)20-12-19(27)8-9-22(20)29(25(26)31)14-18-6-4-5-7-21(18)28/h4-12,32H,13-14H2,1-3H3/t26-/m1/s1. The lowest BCUT2D eigenvalue weighted by atomic mass is 9.85. The van der Waals surface area contributed by atoms with E-state index in [4.69, 9.17) is 23.2 Å². The molecule has 6 heteroatoms. The fourth-order valence-corrected chi connectivity index (χ4v) is 4.96. The Morgan fingerprint density at radius 2 is 1.66 bits per heavy atom. The van der Waals surface area contributed by atoms with E-state index in [1.807, 2.05) is 51.1 Å². The molecular formula is C26H23Cl2NO3. The van der Waals surface area contributed by atoms with Gasteiger partial charge in [-0.1, -0.05) is 59.1 Å². The van der Waals surface area contributed by atoms with Crippen molar-refractivity contribution >= 4 is 40.6 Å². The molecule has 1 N–H and O–H groups in total. The number of rotatable bonds is 5. The molecule has 3 aromatic carbocycles. The van der Waals surface area contributed by atoms with Gasteiger partial charge in [0.1, 0.15) is 0 Å². The maximum atomic E-state index is 13.5. The minimum atomic E-state index is -2.01. The molecule has 32 heavy (non-hydrogen) atoms. The van der Waals surface area contributed by atoms with Gasteiger partial charge in [0.2, 0.25) is 0 Å². The third-order valence-electron chi connectivity index (χ3n) is 5.95. The van der Waals surface area contributed by atoms with Gasteiger partial charge in [0.05, 0.1) is 18.7 Å². The fourth-order valence-electron chi connectivity index (χ4n) is 4.59. The monoisotopic (exact) mass is 467 g/mol. The summed E-state index contributed by atoms with van der Waals surface area (Å²) >= 11 is 12.5. The van der Waals surface area contributed by atoms with Gasteiger partial charge in [-0.15, -0.1) is 0 Å². The Morgan fingerprint density at radius 3 is 2.31 bits per heavy atom. The summed E-state index contributed by atoms with van der Waals surface area (Å²) in [4.78, 5) is 28.3. The van der Waals surface area contributed by atoms with E-state index in [0.29, 0.717) is 26.9 Å². The summed E-state index contributed by atoms with van der Waals surface area (Å²) in [5, 5.41) is 12.5. The number of hydrogen-bond donors (Lipinski definition) is 1. The van der Waals surface area contributed by atoms with Crippen LogP contribution in [0, 0.1) is 20.8 Å². The third kappa shape index (κ3) is 3.83. The maximum absolute atomic E-state index is 13.5. The van der Waals surface area contributed by atoms with Crippen LogP contribution in [0.15, 0.2) is 54.6 Å². The highest BCUT2D eigenvalue weighted by Crippen LogP contribution is 2.45. The van der Waals surface area contributed by atoms with Gasteiger partial charge in [0.15, 0.2) is 11.4 Å². The zero-order chi connectivity index (χ0) is 23.2. The quantitative estimate of drug-likeness (QED) is 0.473. The first-order valence-electron chi connectivity index (χ1n) is 10.3. The second-order valence-electron chi connectivity index (χ2n) is 8.38. The molecule has 164 valence electrons. The van der Waals surface area contributed by atoms with Crippen LogP contribution >= 0.6 is 23.2 Å². The molecule has 0 unspecified atom stereocenters. The fraction of sp³-hybridized carbons (Fsp3) is 0.231. The Labute approximate surface area is 197 Å². The minimum Gasteiger partial charge on any atom is -0.375 e. The van der Waals surface area contributed by atoms with Crippen LogP contribution in [0.4, 0.5) is 5.69 Å². The van der Waals surface area contributed by atoms with Crippen LogP contribution in [-0.2, 0) is 16.9 Å². The van der Waals surface area contributed by atoms with Crippen molar-refractivity contribution in [2.45, 2.75) is 39.3 Å². The molecule has 1 atom stereocenters. The number of hydrogen-bond acceptors (Lipinski definition) is 3. The van der Waals surface area contributed by atoms with E-state index in [1.165, 1.54) is 4.90 Å². The molecule has 1 aliphatic heterocycles. The molecule has 0 spiro atoms. The Hall–Kier alpha value is -2.66. The lowest BCUT2D eigenvalue weighted by molar-refractivity contribution is -0.136. The molecule has 0 radical (unpaired) electrons. The second-order valence-corrected chi connectivity index (χ2v) is 9.22. The zero-order valence-electron chi connectivity index (χ0n) is 18.1. The number of aliphatic hydroxyl groups is 1. The number of anilines is 1. The summed E-state index contributed by atoms with van der Waals surface area (Å²) in [6, 6.07) is 16.0. The van der Waals surface area contributed by atoms with Crippen molar-refractivity contribution in [3.63, 3.8) is 0 Å². The highest BCUT2D eigenvalue weighted by Gasteiger charge is 2.51. The average molecular weight is 468 g/mol. The number of carbonyl (C=O) groups is 2. The van der Waals surface area contributed by atoms with Crippen molar-refractivity contribution in [3.8, 4) is 0 Å². The van der Waals surface area contributed by atoms with Crippen LogP contribution in [0.2, 0.25) is 10.0 Å². The number of amides is 1. The number of ketones is 1. The smallest absolute Gasteiger partial charge is 0.264 e. The number of carbonyl (C=O) groups excluding carboxylic acids is 2. The number of aryl methyl sites for hydroxylation is 3. The van der Waals surface area contributed by atoms with Gasteiger partial charge in [0.25, 0.3) is 5.91 Å². The van der Waals surface area contributed by atoms with Crippen molar-refractivity contribution in [2.24, 2.45) is 0 Å². The molecule has 1 aliphatic rings. The van der Waals surface area contributed by atoms with Gasteiger partial charge >= 0.3 is 0 Å². The van der Waals surface area contributed by atoms with E-state index in [9.17, 15) is 14.7 Å². The van der Waals surface area contributed by atoms with Gasteiger partial charge < -0.3 is 10.0 Å². The summed E-state index contributed by atoms with van der Waals surface area (Å²) in [5.41, 5.74) is 2.80. The number of fused-ring (bicyclic) bond motifs is 1. The maximum Gasteiger partial charge on any atom is 0.264 e. The van der Waals surface area contributed by atoms with Gasteiger partial charge in [-0.3, -0.25) is 9.59 Å². The Kier molecular flexibility index (Phi) is 5.89. The van der Waals surface area contributed by atoms with Gasteiger partial charge in [-0.2, -0.15) is 0 Å². The zero-order valence-corrected chi connectivity index (χ0v) is 19.6. The van der Waals surface area contributed by atoms with E-state index in [0.717, 1.165) is 22.3 Å². The summed E-state index contributed by atoms with van der Waals surface area (Å²) in [5.74, 6) is -0.855. The third-order valence-corrected chi connectivity index (χ3v) is 6.56. The van der Waals surface area contributed by atoms with Gasteiger partial charge in [-0.05, 0) is 61.7 Å². The summed E-state index contributed by atoms with van der Waals surface area (Å²) in [6.07, 6.45) is -0.372. The number of halogens is 2. The molecule has 0 aromatic heterocycles. The summed E-state index contributed by atoms with van der Waals surface area (Å²) < 4.78 is 0. The normalized spacial score (nSPS) is 17.6. The second kappa shape index (κ2) is 8.36. The van der Waals surface area contributed by atoms with Crippen molar-refractivity contribution in [1.29, 1.82) is 0 Å². The summed E-state index contributed by atoms with van der Waals surface area (Å²) in [6.45, 7) is 5.86. The molecule has 0 bridgehead atoms. The molecule has 4 nitrogen and oxygen atoms in total. The molecule has 4 rings (SSSR count). The van der Waals surface area contributed by atoms with Crippen LogP contribution in [0.3, 0.4) is 0 Å². The first-order chi connectivity index (χ1) is 15.1. The van der Waals surface area contributed by atoms with Crippen LogP contribution in [0.1, 0.15) is 44.6 Å². The molecule has 1 heterocycles. The van der Waals surface area contributed by atoms with Gasteiger partial charge in [0, 0.05) is 21.2 Å². The minimum absolute atomic E-state index is 0.173. The van der Waals surface area contributed by atoms with E-state index >= 15 is 0 Å². The average Bonchev–Trinajstić information content (AvgIpc) is 2.90. The van der Waals surface area contributed by atoms with Crippen LogP contribution in [0.5, 0.6) is 0 Å². The first-order valence-corrected chi connectivity index (χ1v) is 11.1. The van der Waals surface area contributed by atoms with E-state index in [-0.39, 0.29) is 18.7 Å². The lowest BCUT2D eigenvalue weighted by Crippen LogP contribution is -2.41. The van der Waals surface area contributed by atoms with Gasteiger partial charge in [-0.25, -0.2) is 0 Å². The van der Waals surface area contributed by atoms with E-state index < -0.39 is 11.5 Å². The van der Waals surface area contributed by atoms with Crippen molar-refractivity contribution in [1.82, 2.24) is 0 Å². The Balaban J connectivity index is 1.75. The van der Waals surface area contributed by atoms with Crippen molar-refractivity contribution in [3.05, 3.63) is 98.0 Å². The molecule has 0 fully saturated rings. The molecule has 1 amide bonds. The number of Topliss-reactive ketones (excluding diaryl/α,β-unsaturated/α-hetero) is 1. The lowest BCUT2D eigenvalue weighted by Gasteiger charge is -2.24. The molecule has 0 saturated carbocycles. The number of nitrogens with zero attached hydrogens (tertiary/aromatic N) is 1. The van der Waals surface area contributed by atoms with E-state index in [2.05, 4.69) is 0 Å². The van der Waals surface area contributed by atoms with Crippen LogP contribution < -0.4 is 4.90 Å². The van der Waals surface area contributed by atoms with Crippen molar-refractivity contribution in [2.75, 3.05) is 4.90 Å². The van der Waals surface area contributed by atoms with Crippen molar-refractivity contribution < 1.29 is 14.7 Å². The molecule has 0 saturated heterocycles. The topological polar surface area (TPSA) is 57.6 Å². The highest BCUT2D eigenvalue weighted by atomic mass is 35.5. The predicted octanol–water partition coefficient (Wildman–Crippen LogP) is 5.93. The molecule has 3 aromatic rings. The SMILES string of the molecule is Cc1cc(C)c(C(=O)C[C@]2(O)C(=O)N(Cc3ccccc3Cl)c3ccc(Cl)cc32)c(C)c1. The molecule has 0 aliphatic carbocycles.